The quantitative estimate of drug-likeness (QED) is 0.849. The van der Waals surface area contributed by atoms with Gasteiger partial charge in [-0.25, -0.2) is 4.79 Å². The summed E-state index contributed by atoms with van der Waals surface area (Å²) >= 11 is 0. The second kappa shape index (κ2) is 7.94. The third-order valence-electron chi connectivity index (χ3n) is 3.79. The van der Waals surface area contributed by atoms with Crippen molar-refractivity contribution in [3.05, 3.63) is 35.9 Å². The van der Waals surface area contributed by atoms with Crippen LogP contribution in [0, 0.1) is 0 Å². The molecule has 1 aromatic rings. The number of hydrogen-bond acceptors (Lipinski definition) is 5. The van der Waals surface area contributed by atoms with E-state index in [0.29, 0.717) is 18.4 Å². The summed E-state index contributed by atoms with van der Waals surface area (Å²) in [6, 6.07) is 8.36. The fourth-order valence-corrected chi connectivity index (χ4v) is 2.58. The molecule has 0 aliphatic carbocycles. The van der Waals surface area contributed by atoms with Gasteiger partial charge in [0.15, 0.2) is 0 Å². The van der Waals surface area contributed by atoms with E-state index in [0.717, 1.165) is 19.3 Å². The average Bonchev–Trinajstić information content (AvgIpc) is 2.51. The first-order chi connectivity index (χ1) is 10.6. The summed E-state index contributed by atoms with van der Waals surface area (Å²) in [5.41, 5.74) is 6.30. The van der Waals surface area contributed by atoms with Crippen molar-refractivity contribution in [2.45, 2.75) is 57.3 Å². The number of rotatable bonds is 2. The molecule has 0 radical (unpaired) electrons. The molecule has 1 aromatic carbocycles. The molecule has 2 rings (SSSR count). The first-order valence-corrected chi connectivity index (χ1v) is 7.78. The SMILES string of the molecule is CC1CC(OC(=O)c2ccccc2)CCCC[C@H](N)C(=O)O1. The van der Waals surface area contributed by atoms with Gasteiger partial charge in [0.05, 0.1) is 5.56 Å². The monoisotopic (exact) mass is 305 g/mol. The van der Waals surface area contributed by atoms with Crippen LogP contribution in [0.4, 0.5) is 0 Å². The summed E-state index contributed by atoms with van der Waals surface area (Å²) in [4.78, 5) is 23.9. The van der Waals surface area contributed by atoms with Crippen molar-refractivity contribution < 1.29 is 19.1 Å². The van der Waals surface area contributed by atoms with Crippen LogP contribution in [-0.2, 0) is 14.3 Å². The molecule has 1 heterocycles. The van der Waals surface area contributed by atoms with E-state index in [1.807, 2.05) is 6.07 Å². The van der Waals surface area contributed by atoms with Gasteiger partial charge in [-0.3, -0.25) is 4.79 Å². The van der Waals surface area contributed by atoms with Crippen molar-refractivity contribution in [2.75, 3.05) is 0 Å². The van der Waals surface area contributed by atoms with Crippen molar-refractivity contribution in [1.29, 1.82) is 0 Å². The molecule has 120 valence electrons. The van der Waals surface area contributed by atoms with E-state index in [1.54, 1.807) is 31.2 Å². The Kier molecular flexibility index (Phi) is 5.95. The molecule has 0 saturated carbocycles. The lowest BCUT2D eigenvalue weighted by molar-refractivity contribution is -0.151. The van der Waals surface area contributed by atoms with Crippen LogP contribution in [0.25, 0.3) is 0 Å². The normalized spacial score (nSPS) is 26.8. The Hall–Kier alpha value is -1.88. The van der Waals surface area contributed by atoms with E-state index in [2.05, 4.69) is 0 Å². The highest BCUT2D eigenvalue weighted by molar-refractivity contribution is 5.89. The molecule has 0 aromatic heterocycles. The average molecular weight is 305 g/mol. The highest BCUT2D eigenvalue weighted by Crippen LogP contribution is 2.19. The van der Waals surface area contributed by atoms with Gasteiger partial charge in [-0.1, -0.05) is 24.6 Å². The van der Waals surface area contributed by atoms with Gasteiger partial charge in [0.25, 0.3) is 0 Å². The van der Waals surface area contributed by atoms with E-state index >= 15 is 0 Å². The summed E-state index contributed by atoms with van der Waals surface area (Å²) in [6.45, 7) is 1.80. The number of ether oxygens (including phenoxy) is 2. The third-order valence-corrected chi connectivity index (χ3v) is 3.79. The summed E-state index contributed by atoms with van der Waals surface area (Å²) in [5, 5.41) is 0. The topological polar surface area (TPSA) is 78.6 Å². The van der Waals surface area contributed by atoms with Crippen LogP contribution < -0.4 is 5.73 Å². The first-order valence-electron chi connectivity index (χ1n) is 7.78. The van der Waals surface area contributed by atoms with Crippen LogP contribution >= 0.6 is 0 Å². The number of carbonyl (C=O) groups excluding carboxylic acids is 2. The van der Waals surface area contributed by atoms with Gasteiger partial charge in [0, 0.05) is 6.42 Å². The zero-order valence-electron chi connectivity index (χ0n) is 12.9. The van der Waals surface area contributed by atoms with Crippen LogP contribution in [-0.4, -0.2) is 30.2 Å². The lowest BCUT2D eigenvalue weighted by atomic mass is 10.0. The molecule has 2 unspecified atom stereocenters. The standard InChI is InChI=1S/C17H23NO4/c1-12-11-14(9-5-6-10-15(18)17(20)21-12)22-16(19)13-7-3-2-4-8-13/h2-4,7-8,12,14-15H,5-6,9-11,18H2,1H3/t12?,14?,15-/m0/s1. The summed E-state index contributed by atoms with van der Waals surface area (Å²) in [5.74, 6) is -0.708. The van der Waals surface area contributed by atoms with Gasteiger partial charge in [0.2, 0.25) is 0 Å². The minimum absolute atomic E-state index is 0.246. The predicted molar refractivity (Wildman–Crippen MR) is 82.3 cm³/mol. The molecule has 1 aliphatic rings. The maximum Gasteiger partial charge on any atom is 0.338 e. The molecule has 5 heteroatoms. The maximum atomic E-state index is 12.1. The van der Waals surface area contributed by atoms with Crippen molar-refractivity contribution >= 4 is 11.9 Å². The van der Waals surface area contributed by atoms with E-state index < -0.39 is 6.04 Å². The second-order valence-electron chi connectivity index (χ2n) is 5.77. The second-order valence-corrected chi connectivity index (χ2v) is 5.77. The Bertz CT molecular complexity index is 503. The smallest absolute Gasteiger partial charge is 0.338 e. The molecule has 5 nitrogen and oxygen atoms in total. The predicted octanol–water partition coefficient (Wildman–Crippen LogP) is 2.44. The lowest BCUT2D eigenvalue weighted by Crippen LogP contribution is -2.36. The van der Waals surface area contributed by atoms with E-state index in [9.17, 15) is 9.59 Å². The largest absolute Gasteiger partial charge is 0.461 e. The molecular formula is C17H23NO4. The summed E-state index contributed by atoms with van der Waals surface area (Å²) in [6.07, 6.45) is 3.00. The van der Waals surface area contributed by atoms with E-state index in [-0.39, 0.29) is 24.1 Å². The molecule has 0 amide bonds. The number of hydrogen-bond donors (Lipinski definition) is 1. The number of cyclic esters (lactones) is 1. The summed E-state index contributed by atoms with van der Waals surface area (Å²) < 4.78 is 10.9. The molecule has 1 fully saturated rings. The molecule has 1 saturated heterocycles. The van der Waals surface area contributed by atoms with Crippen LogP contribution in [0.1, 0.15) is 49.4 Å². The molecule has 3 atom stereocenters. The van der Waals surface area contributed by atoms with Gasteiger partial charge in [0.1, 0.15) is 18.2 Å². The van der Waals surface area contributed by atoms with Crippen molar-refractivity contribution in [3.63, 3.8) is 0 Å². The van der Waals surface area contributed by atoms with Gasteiger partial charge >= 0.3 is 11.9 Å². The lowest BCUT2D eigenvalue weighted by Gasteiger charge is -2.24. The van der Waals surface area contributed by atoms with Gasteiger partial charge in [-0.15, -0.1) is 0 Å². The Labute approximate surface area is 130 Å². The van der Waals surface area contributed by atoms with Crippen LogP contribution in [0.2, 0.25) is 0 Å². The zero-order valence-corrected chi connectivity index (χ0v) is 12.9. The number of benzene rings is 1. The Balaban J connectivity index is 1.97. The molecule has 22 heavy (non-hydrogen) atoms. The van der Waals surface area contributed by atoms with Crippen LogP contribution in [0.5, 0.6) is 0 Å². The third kappa shape index (κ3) is 4.84. The minimum atomic E-state index is -0.550. The fraction of sp³-hybridized carbons (Fsp3) is 0.529. The highest BCUT2D eigenvalue weighted by Gasteiger charge is 2.24. The number of esters is 2. The molecule has 2 N–H and O–H groups in total. The van der Waals surface area contributed by atoms with Gasteiger partial charge in [-0.05, 0) is 38.3 Å². The van der Waals surface area contributed by atoms with Gasteiger partial charge < -0.3 is 15.2 Å². The molecule has 0 bridgehead atoms. The van der Waals surface area contributed by atoms with E-state index in [4.69, 9.17) is 15.2 Å². The van der Waals surface area contributed by atoms with Crippen molar-refractivity contribution in [3.8, 4) is 0 Å². The number of carbonyl (C=O) groups is 2. The minimum Gasteiger partial charge on any atom is -0.461 e. The fourth-order valence-electron chi connectivity index (χ4n) is 2.58. The molecule has 1 aliphatic heterocycles. The first kappa shape index (κ1) is 16.5. The van der Waals surface area contributed by atoms with Crippen LogP contribution in [0.3, 0.4) is 0 Å². The maximum absolute atomic E-state index is 12.1. The van der Waals surface area contributed by atoms with Gasteiger partial charge in [-0.2, -0.15) is 0 Å². The number of nitrogens with two attached hydrogens (primary N) is 1. The molecule has 0 spiro atoms. The summed E-state index contributed by atoms with van der Waals surface area (Å²) in [7, 11) is 0. The Morgan fingerprint density at radius 2 is 1.91 bits per heavy atom. The van der Waals surface area contributed by atoms with Crippen LogP contribution in [0.15, 0.2) is 30.3 Å². The van der Waals surface area contributed by atoms with Crippen molar-refractivity contribution in [1.82, 2.24) is 0 Å². The van der Waals surface area contributed by atoms with Crippen molar-refractivity contribution in [2.24, 2.45) is 5.73 Å². The Morgan fingerprint density at radius 3 is 2.64 bits per heavy atom. The molecular weight excluding hydrogens is 282 g/mol. The Morgan fingerprint density at radius 1 is 1.23 bits per heavy atom. The van der Waals surface area contributed by atoms with E-state index in [1.165, 1.54) is 0 Å². The highest BCUT2D eigenvalue weighted by atomic mass is 16.6. The zero-order chi connectivity index (χ0) is 15.9.